The first-order valence-electron chi connectivity index (χ1n) is 6.82. The summed E-state index contributed by atoms with van der Waals surface area (Å²) >= 11 is 0. The summed E-state index contributed by atoms with van der Waals surface area (Å²) in [6, 6.07) is 1.26. The number of fused-ring (bicyclic) bond motifs is 2. The highest BCUT2D eigenvalue weighted by atomic mass is 31.2. The SMILES string of the molecule is CCOP(O)Oc1c2n(ccc1=O)NC1COCCN1C2=O. The predicted molar refractivity (Wildman–Crippen MR) is 77.1 cm³/mol. The number of carbonyl (C=O) groups is 1. The van der Waals surface area contributed by atoms with Crippen LogP contribution in [0.4, 0.5) is 0 Å². The summed E-state index contributed by atoms with van der Waals surface area (Å²) in [6.45, 7) is 3.13. The molecule has 1 amide bonds. The Hall–Kier alpha value is -1.67. The Kier molecular flexibility index (Phi) is 4.30. The number of ether oxygens (including phenoxy) is 1. The van der Waals surface area contributed by atoms with Gasteiger partial charge < -0.3 is 29.0 Å². The maximum Gasteiger partial charge on any atom is 0.394 e. The average molecular weight is 329 g/mol. The molecule has 22 heavy (non-hydrogen) atoms. The lowest BCUT2D eigenvalue weighted by Gasteiger charge is -2.41. The molecule has 2 aliphatic heterocycles. The monoisotopic (exact) mass is 329 g/mol. The highest BCUT2D eigenvalue weighted by Gasteiger charge is 2.37. The van der Waals surface area contributed by atoms with E-state index in [2.05, 4.69) is 5.43 Å². The van der Waals surface area contributed by atoms with Crippen LogP contribution in [0.3, 0.4) is 0 Å². The number of rotatable bonds is 4. The van der Waals surface area contributed by atoms with Gasteiger partial charge >= 0.3 is 8.60 Å². The second-order valence-electron chi connectivity index (χ2n) is 4.69. The minimum atomic E-state index is -2.26. The summed E-state index contributed by atoms with van der Waals surface area (Å²) in [5, 5.41) is 0. The summed E-state index contributed by atoms with van der Waals surface area (Å²) in [5.41, 5.74) is 2.62. The van der Waals surface area contributed by atoms with Crippen LogP contribution in [-0.2, 0) is 9.26 Å². The van der Waals surface area contributed by atoms with Crippen LogP contribution >= 0.6 is 8.60 Å². The lowest BCUT2D eigenvalue weighted by molar-refractivity contribution is -0.00305. The molecule has 3 rings (SSSR count). The summed E-state index contributed by atoms with van der Waals surface area (Å²) in [5.74, 6) is -0.563. The zero-order chi connectivity index (χ0) is 15.7. The van der Waals surface area contributed by atoms with Gasteiger partial charge in [-0.1, -0.05) is 0 Å². The Morgan fingerprint density at radius 3 is 3.14 bits per heavy atom. The quantitative estimate of drug-likeness (QED) is 0.740. The molecule has 1 saturated heterocycles. The first-order valence-corrected chi connectivity index (χ1v) is 7.95. The third-order valence-corrected chi connectivity index (χ3v) is 4.16. The number of aromatic nitrogens is 1. The molecule has 10 heteroatoms. The van der Waals surface area contributed by atoms with E-state index in [0.29, 0.717) is 19.8 Å². The fourth-order valence-corrected chi connectivity index (χ4v) is 2.99. The average Bonchev–Trinajstić information content (AvgIpc) is 2.51. The lowest BCUT2D eigenvalue weighted by Crippen LogP contribution is -2.59. The Morgan fingerprint density at radius 1 is 1.55 bits per heavy atom. The van der Waals surface area contributed by atoms with Gasteiger partial charge in [0, 0.05) is 18.8 Å². The highest BCUT2D eigenvalue weighted by molar-refractivity contribution is 7.41. The van der Waals surface area contributed by atoms with Crippen LogP contribution in [0.25, 0.3) is 0 Å². The van der Waals surface area contributed by atoms with E-state index in [1.807, 2.05) is 0 Å². The molecule has 0 aliphatic carbocycles. The topological polar surface area (TPSA) is 102 Å². The Labute approximate surface area is 127 Å². The van der Waals surface area contributed by atoms with Crippen LogP contribution in [-0.4, -0.2) is 52.9 Å². The standard InChI is InChI=1S/C12H16N3O6P/c1-2-20-22(18)21-11-8(16)3-4-15-10(11)12(17)14-5-6-19-7-9(14)13-15/h3-4,9,13,18H,2,5-7H2,1H3. The molecule has 2 aliphatic rings. The lowest BCUT2D eigenvalue weighted by atomic mass is 10.2. The van der Waals surface area contributed by atoms with Crippen molar-refractivity contribution >= 4 is 14.5 Å². The predicted octanol–water partition coefficient (Wildman–Crippen LogP) is -0.162. The third-order valence-electron chi connectivity index (χ3n) is 3.34. The zero-order valence-corrected chi connectivity index (χ0v) is 12.8. The zero-order valence-electron chi connectivity index (χ0n) is 11.9. The molecule has 0 spiro atoms. The van der Waals surface area contributed by atoms with Crippen molar-refractivity contribution in [1.29, 1.82) is 0 Å². The van der Waals surface area contributed by atoms with Gasteiger partial charge in [-0.2, -0.15) is 0 Å². The number of hydrogen-bond acceptors (Lipinski definition) is 7. The minimum Gasteiger partial charge on any atom is -0.420 e. The Morgan fingerprint density at radius 2 is 2.36 bits per heavy atom. The van der Waals surface area contributed by atoms with Gasteiger partial charge in [0.05, 0.1) is 19.8 Å². The fraction of sp³-hybridized carbons (Fsp3) is 0.500. The van der Waals surface area contributed by atoms with Gasteiger partial charge in [-0.05, 0) is 6.92 Å². The van der Waals surface area contributed by atoms with E-state index in [0.717, 1.165) is 0 Å². The molecule has 2 unspecified atom stereocenters. The van der Waals surface area contributed by atoms with Crippen molar-refractivity contribution in [3.63, 3.8) is 0 Å². The molecule has 9 nitrogen and oxygen atoms in total. The first-order chi connectivity index (χ1) is 10.6. The van der Waals surface area contributed by atoms with Crippen molar-refractivity contribution < 1.29 is 23.5 Å². The maximum absolute atomic E-state index is 12.6. The van der Waals surface area contributed by atoms with Gasteiger partial charge in [0.15, 0.2) is 5.69 Å². The van der Waals surface area contributed by atoms with Crippen molar-refractivity contribution in [2.45, 2.75) is 13.1 Å². The van der Waals surface area contributed by atoms with Crippen LogP contribution in [0.1, 0.15) is 17.4 Å². The molecule has 0 saturated carbocycles. The van der Waals surface area contributed by atoms with Crippen LogP contribution in [0.15, 0.2) is 17.1 Å². The maximum atomic E-state index is 12.6. The fourth-order valence-electron chi connectivity index (χ4n) is 2.38. The molecule has 120 valence electrons. The molecule has 1 aromatic rings. The van der Waals surface area contributed by atoms with Crippen molar-refractivity contribution in [3.05, 3.63) is 28.2 Å². The van der Waals surface area contributed by atoms with Crippen molar-refractivity contribution in [2.24, 2.45) is 0 Å². The van der Waals surface area contributed by atoms with Gasteiger partial charge in [0.2, 0.25) is 11.2 Å². The van der Waals surface area contributed by atoms with Gasteiger partial charge in [-0.15, -0.1) is 0 Å². The van der Waals surface area contributed by atoms with E-state index >= 15 is 0 Å². The second-order valence-corrected chi connectivity index (χ2v) is 5.61. The van der Waals surface area contributed by atoms with E-state index in [1.165, 1.54) is 16.9 Å². The molecule has 2 atom stereocenters. The molecular weight excluding hydrogens is 313 g/mol. The minimum absolute atomic E-state index is 0.0481. The number of morpholine rings is 1. The summed E-state index contributed by atoms with van der Waals surface area (Å²) in [6.07, 6.45) is 1.15. The molecule has 1 aromatic heterocycles. The summed E-state index contributed by atoms with van der Waals surface area (Å²) < 4.78 is 16.9. The first kappa shape index (κ1) is 15.2. The van der Waals surface area contributed by atoms with Crippen LogP contribution < -0.4 is 15.4 Å². The second kappa shape index (κ2) is 6.21. The smallest absolute Gasteiger partial charge is 0.394 e. The molecule has 3 heterocycles. The van der Waals surface area contributed by atoms with Crippen LogP contribution in [0.2, 0.25) is 0 Å². The summed E-state index contributed by atoms with van der Waals surface area (Å²) in [4.78, 5) is 35.9. The van der Waals surface area contributed by atoms with Crippen LogP contribution in [0, 0.1) is 0 Å². The Balaban J connectivity index is 1.99. The number of pyridine rings is 1. The van der Waals surface area contributed by atoms with E-state index in [9.17, 15) is 14.5 Å². The van der Waals surface area contributed by atoms with Gasteiger partial charge in [0.1, 0.15) is 6.17 Å². The van der Waals surface area contributed by atoms with E-state index in [1.54, 1.807) is 11.8 Å². The molecular formula is C12H16N3O6P. The number of amides is 1. The third kappa shape index (κ3) is 2.68. The molecule has 1 fully saturated rings. The van der Waals surface area contributed by atoms with E-state index < -0.39 is 14.0 Å². The van der Waals surface area contributed by atoms with Gasteiger partial charge in [-0.25, -0.2) is 0 Å². The van der Waals surface area contributed by atoms with E-state index in [-0.39, 0.29) is 30.1 Å². The molecule has 0 radical (unpaired) electrons. The van der Waals surface area contributed by atoms with Gasteiger partial charge in [-0.3, -0.25) is 14.3 Å². The largest absolute Gasteiger partial charge is 0.420 e. The number of hydrogen-bond donors (Lipinski definition) is 2. The molecule has 0 bridgehead atoms. The normalized spacial score (nSPS) is 21.6. The van der Waals surface area contributed by atoms with E-state index in [4.69, 9.17) is 13.8 Å². The van der Waals surface area contributed by atoms with Gasteiger partial charge in [0.25, 0.3) is 5.91 Å². The summed E-state index contributed by atoms with van der Waals surface area (Å²) in [7, 11) is -2.26. The molecule has 0 aromatic carbocycles. The Bertz CT molecular complexity index is 636. The number of carbonyl (C=O) groups excluding carboxylic acids is 1. The van der Waals surface area contributed by atoms with Crippen molar-refractivity contribution in [3.8, 4) is 5.75 Å². The highest BCUT2D eigenvalue weighted by Crippen LogP contribution is 2.35. The van der Waals surface area contributed by atoms with Crippen molar-refractivity contribution in [2.75, 3.05) is 31.8 Å². The molecule has 2 N–H and O–H groups in total. The number of nitrogens with one attached hydrogen (secondary N) is 1. The number of nitrogens with zero attached hydrogens (tertiary/aromatic N) is 2. The van der Waals surface area contributed by atoms with Crippen molar-refractivity contribution in [1.82, 2.24) is 9.58 Å². The van der Waals surface area contributed by atoms with Crippen LogP contribution in [0.5, 0.6) is 5.75 Å².